The molecule has 0 amide bonds. The zero-order chi connectivity index (χ0) is 16.1. The van der Waals surface area contributed by atoms with Crippen LogP contribution >= 0.6 is 0 Å². The van der Waals surface area contributed by atoms with E-state index in [9.17, 15) is 4.79 Å². The molecule has 0 aromatic carbocycles. The molecule has 22 heavy (non-hydrogen) atoms. The van der Waals surface area contributed by atoms with Crippen molar-refractivity contribution < 1.29 is 19.0 Å². The number of hydrogen-bond donors (Lipinski definition) is 0. The Balaban J connectivity index is 1.88. The molecular weight excluding hydrogens is 280 g/mol. The van der Waals surface area contributed by atoms with Crippen molar-refractivity contribution in [3.05, 3.63) is 12.2 Å². The molecule has 0 radical (unpaired) electrons. The number of rotatable bonds is 0. The minimum atomic E-state index is -0.625. The van der Waals surface area contributed by atoms with Crippen LogP contribution in [0.5, 0.6) is 0 Å². The molecule has 0 unspecified atom stereocenters. The highest BCUT2D eigenvalue weighted by Gasteiger charge is 2.72. The fraction of sp³-hybridized carbons (Fsp3) is 0.833. The topological polar surface area (TPSA) is 44.8 Å². The highest BCUT2D eigenvalue weighted by molar-refractivity contribution is 5.80. The van der Waals surface area contributed by atoms with Crippen LogP contribution in [0.3, 0.4) is 0 Å². The van der Waals surface area contributed by atoms with E-state index in [2.05, 4.69) is 27.4 Å². The van der Waals surface area contributed by atoms with E-state index in [0.717, 1.165) is 18.4 Å². The van der Waals surface area contributed by atoms with Crippen molar-refractivity contribution in [3.8, 4) is 0 Å². The van der Waals surface area contributed by atoms with E-state index in [4.69, 9.17) is 14.2 Å². The molecule has 2 saturated heterocycles. The van der Waals surface area contributed by atoms with E-state index in [1.165, 1.54) is 0 Å². The summed E-state index contributed by atoms with van der Waals surface area (Å²) >= 11 is 0. The first kappa shape index (κ1) is 14.7. The van der Waals surface area contributed by atoms with Gasteiger partial charge in [-0.05, 0) is 37.7 Å². The molecule has 0 spiro atoms. The summed E-state index contributed by atoms with van der Waals surface area (Å²) in [5, 5.41) is 0. The van der Waals surface area contributed by atoms with Crippen LogP contribution in [-0.4, -0.2) is 30.1 Å². The Kier molecular flexibility index (Phi) is 2.65. The molecule has 4 aliphatic rings. The summed E-state index contributed by atoms with van der Waals surface area (Å²) in [5.74, 6) is -0.777. The quantitative estimate of drug-likeness (QED) is 0.510. The number of fused-ring (bicyclic) bond motifs is 2. The maximum absolute atomic E-state index is 12.5. The van der Waals surface area contributed by atoms with Gasteiger partial charge < -0.3 is 14.2 Å². The van der Waals surface area contributed by atoms with Gasteiger partial charge in [0.1, 0.15) is 12.2 Å². The summed E-state index contributed by atoms with van der Waals surface area (Å²) in [6.07, 6.45) is 1.69. The Morgan fingerprint density at radius 3 is 2.50 bits per heavy atom. The second-order valence-electron chi connectivity index (χ2n) is 8.83. The molecule has 2 heterocycles. The highest BCUT2D eigenvalue weighted by atomic mass is 16.8. The summed E-state index contributed by atoms with van der Waals surface area (Å²) in [6.45, 7) is 14.9. The van der Waals surface area contributed by atoms with E-state index < -0.39 is 5.79 Å². The van der Waals surface area contributed by atoms with E-state index in [1.807, 2.05) is 13.8 Å². The van der Waals surface area contributed by atoms with Crippen LogP contribution in [0.15, 0.2) is 12.2 Å². The van der Waals surface area contributed by atoms with Crippen LogP contribution in [0.2, 0.25) is 0 Å². The summed E-state index contributed by atoms with van der Waals surface area (Å²) < 4.78 is 18.2. The molecule has 2 aliphatic heterocycles. The van der Waals surface area contributed by atoms with Crippen LogP contribution in [0.1, 0.15) is 47.5 Å². The van der Waals surface area contributed by atoms with Crippen molar-refractivity contribution >= 4 is 5.97 Å². The van der Waals surface area contributed by atoms with Crippen molar-refractivity contribution in [2.75, 3.05) is 0 Å². The van der Waals surface area contributed by atoms with Gasteiger partial charge in [-0.25, -0.2) is 0 Å². The predicted octanol–water partition coefficient (Wildman–Crippen LogP) is 3.06. The van der Waals surface area contributed by atoms with Gasteiger partial charge in [0.25, 0.3) is 0 Å². The first-order chi connectivity index (χ1) is 10.1. The molecule has 4 nitrogen and oxygen atoms in total. The monoisotopic (exact) mass is 306 g/mol. The molecule has 6 atom stereocenters. The summed E-state index contributed by atoms with van der Waals surface area (Å²) in [5.41, 5.74) is 0.700. The van der Waals surface area contributed by atoms with Crippen LogP contribution in [0.4, 0.5) is 0 Å². The van der Waals surface area contributed by atoms with Crippen molar-refractivity contribution in [1.82, 2.24) is 0 Å². The van der Waals surface area contributed by atoms with Gasteiger partial charge in [-0.2, -0.15) is 0 Å². The normalized spacial score (nSPS) is 51.2. The van der Waals surface area contributed by atoms with Crippen LogP contribution in [-0.2, 0) is 19.0 Å². The van der Waals surface area contributed by atoms with E-state index in [0.29, 0.717) is 0 Å². The minimum Gasteiger partial charge on any atom is -0.461 e. The summed E-state index contributed by atoms with van der Waals surface area (Å²) in [4.78, 5) is 12.5. The van der Waals surface area contributed by atoms with Crippen molar-refractivity contribution in [3.63, 3.8) is 0 Å². The third kappa shape index (κ3) is 1.58. The second kappa shape index (κ2) is 3.96. The van der Waals surface area contributed by atoms with Crippen molar-refractivity contribution in [1.29, 1.82) is 0 Å². The summed E-state index contributed by atoms with van der Waals surface area (Å²) in [7, 11) is 0. The number of ether oxygens (including phenoxy) is 3. The lowest BCUT2D eigenvalue weighted by Gasteiger charge is -2.58. The Morgan fingerprint density at radius 1 is 1.14 bits per heavy atom. The SMILES string of the molecule is C=C1[C@H]2C(=O)O[C@H]3CCC(C)(C)[C@H]([C@@H]4OC(C)(C)O[C@H]14)[C@@]23C. The average Bonchev–Trinajstić information content (AvgIpc) is 2.80. The molecule has 0 N–H and O–H groups in total. The minimum absolute atomic E-state index is 0.0203. The van der Waals surface area contributed by atoms with Gasteiger partial charge in [-0.15, -0.1) is 0 Å². The smallest absolute Gasteiger partial charge is 0.314 e. The number of esters is 1. The van der Waals surface area contributed by atoms with Gasteiger partial charge in [0.15, 0.2) is 5.79 Å². The van der Waals surface area contributed by atoms with Crippen molar-refractivity contribution in [2.45, 2.75) is 71.6 Å². The lowest BCUT2D eigenvalue weighted by atomic mass is 9.46. The molecular formula is C18H26O4. The van der Waals surface area contributed by atoms with Gasteiger partial charge >= 0.3 is 5.97 Å². The molecule has 2 saturated carbocycles. The second-order valence-corrected chi connectivity index (χ2v) is 8.83. The van der Waals surface area contributed by atoms with Crippen LogP contribution in [0.25, 0.3) is 0 Å². The lowest BCUT2D eigenvalue weighted by molar-refractivity contribution is -0.178. The molecule has 0 aromatic rings. The van der Waals surface area contributed by atoms with Gasteiger partial charge in [-0.3, -0.25) is 4.79 Å². The predicted molar refractivity (Wildman–Crippen MR) is 80.9 cm³/mol. The van der Waals surface area contributed by atoms with E-state index in [-0.39, 0.29) is 46.9 Å². The van der Waals surface area contributed by atoms with Crippen LogP contribution < -0.4 is 0 Å². The lowest BCUT2D eigenvalue weighted by Crippen LogP contribution is -2.62. The zero-order valence-electron chi connectivity index (χ0n) is 14.1. The van der Waals surface area contributed by atoms with E-state index >= 15 is 0 Å². The fourth-order valence-corrected chi connectivity index (χ4v) is 5.86. The van der Waals surface area contributed by atoms with Gasteiger partial charge in [-0.1, -0.05) is 27.4 Å². The Bertz CT molecular complexity index is 563. The highest BCUT2D eigenvalue weighted by Crippen LogP contribution is 2.66. The van der Waals surface area contributed by atoms with Crippen molar-refractivity contribution in [2.24, 2.45) is 22.7 Å². The average molecular weight is 306 g/mol. The first-order valence-electron chi connectivity index (χ1n) is 8.33. The number of carbonyl (C=O) groups is 1. The molecule has 2 aliphatic carbocycles. The van der Waals surface area contributed by atoms with Gasteiger partial charge in [0.05, 0.1) is 12.0 Å². The third-order valence-electron chi connectivity index (χ3n) is 6.57. The third-order valence-corrected chi connectivity index (χ3v) is 6.57. The molecule has 4 rings (SSSR count). The maximum Gasteiger partial charge on any atom is 0.314 e. The Morgan fingerprint density at radius 2 is 1.82 bits per heavy atom. The maximum atomic E-state index is 12.5. The number of hydrogen-bond acceptors (Lipinski definition) is 4. The Labute approximate surface area is 132 Å². The molecule has 0 bridgehead atoms. The molecule has 122 valence electrons. The first-order valence-corrected chi connectivity index (χ1v) is 8.33. The van der Waals surface area contributed by atoms with Gasteiger partial charge in [0, 0.05) is 11.3 Å². The van der Waals surface area contributed by atoms with Gasteiger partial charge in [0.2, 0.25) is 0 Å². The summed E-state index contributed by atoms with van der Waals surface area (Å²) in [6, 6.07) is 0. The van der Waals surface area contributed by atoms with E-state index in [1.54, 1.807) is 0 Å². The number of carbonyl (C=O) groups excluding carboxylic acids is 1. The largest absolute Gasteiger partial charge is 0.461 e. The van der Waals surface area contributed by atoms with Crippen LogP contribution in [0, 0.1) is 22.7 Å². The Hall–Kier alpha value is -0.870. The fourth-order valence-electron chi connectivity index (χ4n) is 5.86. The zero-order valence-corrected chi connectivity index (χ0v) is 14.1. The molecule has 4 fully saturated rings. The molecule has 0 aromatic heterocycles. The standard InChI is InChI=1S/C18H26O4/c1-9-11-15(19)20-10-7-8-16(2,3)14(18(10,11)6)13-12(9)21-17(4,5)22-13/h10-14H,1,7-8H2,2-6H3/t10-,11-,12+,13+,14-,18+/m0/s1. The molecule has 4 heteroatoms.